The molecule has 6 heteroatoms. The molecule has 2 aliphatic rings. The third-order valence-electron chi connectivity index (χ3n) is 4.39. The molecular formula is C13H21N3O2S. The van der Waals surface area contributed by atoms with Crippen molar-refractivity contribution in [3.63, 3.8) is 0 Å². The highest BCUT2D eigenvalue weighted by molar-refractivity contribution is 7.89. The van der Waals surface area contributed by atoms with Crippen LogP contribution in [0.4, 0.5) is 0 Å². The summed E-state index contributed by atoms with van der Waals surface area (Å²) in [4.78, 5) is 7.35. The molecule has 1 saturated heterocycles. The molecule has 0 unspecified atom stereocenters. The van der Waals surface area contributed by atoms with Crippen LogP contribution in [0.2, 0.25) is 0 Å². The fraction of sp³-hybridized carbons (Fsp3) is 0.769. The van der Waals surface area contributed by atoms with E-state index in [1.165, 1.54) is 6.42 Å². The van der Waals surface area contributed by atoms with Crippen LogP contribution in [-0.4, -0.2) is 41.0 Å². The van der Waals surface area contributed by atoms with E-state index < -0.39 is 10.0 Å². The molecule has 106 valence electrons. The van der Waals surface area contributed by atoms with Gasteiger partial charge in [0.1, 0.15) is 5.82 Å². The second-order valence-electron chi connectivity index (χ2n) is 5.62. The Bertz CT molecular complexity index is 506. The molecule has 0 amide bonds. The maximum Gasteiger partial charge on any atom is 0.217 e. The fourth-order valence-corrected chi connectivity index (χ4v) is 5.36. The molecule has 1 aliphatic heterocycles. The van der Waals surface area contributed by atoms with Gasteiger partial charge in [0.25, 0.3) is 0 Å². The molecule has 0 aromatic carbocycles. The zero-order chi connectivity index (χ0) is 13.3. The van der Waals surface area contributed by atoms with Crippen LogP contribution in [0.3, 0.4) is 0 Å². The van der Waals surface area contributed by atoms with Crippen LogP contribution in [0, 0.1) is 0 Å². The number of aromatic nitrogens is 2. The maximum atomic E-state index is 12.6. The van der Waals surface area contributed by atoms with E-state index in [1.807, 2.05) is 0 Å². The molecule has 19 heavy (non-hydrogen) atoms. The van der Waals surface area contributed by atoms with Crippen LogP contribution in [0.5, 0.6) is 0 Å². The Morgan fingerprint density at radius 3 is 2.68 bits per heavy atom. The molecule has 1 atom stereocenters. The smallest absolute Gasteiger partial charge is 0.217 e. The quantitative estimate of drug-likeness (QED) is 0.920. The number of aromatic amines is 1. The largest absolute Gasteiger partial charge is 0.348 e. The van der Waals surface area contributed by atoms with Gasteiger partial charge in [-0.2, -0.15) is 0 Å². The first kappa shape index (κ1) is 13.1. The summed E-state index contributed by atoms with van der Waals surface area (Å²) in [5, 5.41) is -0.142. The van der Waals surface area contributed by atoms with E-state index in [-0.39, 0.29) is 11.2 Å². The van der Waals surface area contributed by atoms with Gasteiger partial charge in [-0.15, -0.1) is 0 Å². The van der Waals surface area contributed by atoms with Gasteiger partial charge in [0.05, 0.1) is 5.25 Å². The molecule has 1 aliphatic carbocycles. The number of nitrogens with one attached hydrogen (secondary N) is 1. The molecule has 0 spiro atoms. The SMILES string of the molecule is O=S(=O)(C1CCCCC1)N1CC[C@@H](c2ncc[nH]2)C1. The van der Waals surface area contributed by atoms with Crippen molar-refractivity contribution in [2.75, 3.05) is 13.1 Å². The maximum absolute atomic E-state index is 12.6. The first-order chi connectivity index (χ1) is 9.18. The van der Waals surface area contributed by atoms with Gasteiger partial charge in [0, 0.05) is 31.4 Å². The number of H-pyrrole nitrogens is 1. The molecule has 0 radical (unpaired) electrons. The van der Waals surface area contributed by atoms with Gasteiger partial charge in [-0.1, -0.05) is 19.3 Å². The minimum absolute atomic E-state index is 0.142. The van der Waals surface area contributed by atoms with E-state index in [1.54, 1.807) is 16.7 Å². The predicted molar refractivity (Wildman–Crippen MR) is 73.3 cm³/mol. The second-order valence-corrected chi connectivity index (χ2v) is 7.84. The van der Waals surface area contributed by atoms with Crippen molar-refractivity contribution in [2.24, 2.45) is 0 Å². The Balaban J connectivity index is 1.69. The van der Waals surface area contributed by atoms with Crippen LogP contribution >= 0.6 is 0 Å². The van der Waals surface area contributed by atoms with Crippen molar-refractivity contribution < 1.29 is 8.42 Å². The van der Waals surface area contributed by atoms with Gasteiger partial charge in [0.2, 0.25) is 10.0 Å². The number of sulfonamides is 1. The van der Waals surface area contributed by atoms with Crippen molar-refractivity contribution in [1.29, 1.82) is 0 Å². The molecule has 2 fully saturated rings. The van der Waals surface area contributed by atoms with Crippen LogP contribution in [0.25, 0.3) is 0 Å². The molecule has 0 bridgehead atoms. The van der Waals surface area contributed by atoms with Crippen molar-refractivity contribution in [1.82, 2.24) is 14.3 Å². The molecule has 1 aromatic rings. The average Bonchev–Trinajstić information content (AvgIpc) is 3.10. The van der Waals surface area contributed by atoms with Gasteiger partial charge in [0.15, 0.2) is 0 Å². The van der Waals surface area contributed by atoms with E-state index >= 15 is 0 Å². The van der Waals surface area contributed by atoms with Crippen molar-refractivity contribution in [3.8, 4) is 0 Å². The monoisotopic (exact) mass is 283 g/mol. The number of rotatable bonds is 3. The van der Waals surface area contributed by atoms with Crippen molar-refractivity contribution in [3.05, 3.63) is 18.2 Å². The van der Waals surface area contributed by atoms with Crippen molar-refractivity contribution >= 4 is 10.0 Å². The fourth-order valence-electron chi connectivity index (χ4n) is 3.26. The molecule has 2 heterocycles. The standard InChI is InChI=1S/C13H21N3O2S/c17-19(18,12-4-2-1-3-5-12)16-9-6-11(10-16)13-14-7-8-15-13/h7-8,11-12H,1-6,9-10H2,(H,14,15)/t11-/m1/s1. The lowest BCUT2D eigenvalue weighted by molar-refractivity contribution is 0.426. The Morgan fingerprint density at radius 1 is 1.21 bits per heavy atom. The van der Waals surface area contributed by atoms with Gasteiger partial charge >= 0.3 is 0 Å². The Kier molecular flexibility index (Phi) is 3.62. The number of imidazole rings is 1. The minimum Gasteiger partial charge on any atom is -0.348 e. The van der Waals surface area contributed by atoms with Crippen LogP contribution < -0.4 is 0 Å². The van der Waals surface area contributed by atoms with Crippen LogP contribution in [0.1, 0.15) is 50.3 Å². The summed E-state index contributed by atoms with van der Waals surface area (Å²) in [5.41, 5.74) is 0. The van der Waals surface area contributed by atoms with Gasteiger partial charge in [-0.3, -0.25) is 0 Å². The van der Waals surface area contributed by atoms with Gasteiger partial charge in [-0.25, -0.2) is 17.7 Å². The normalized spacial score (nSPS) is 26.8. The Labute approximate surface area is 114 Å². The molecular weight excluding hydrogens is 262 g/mol. The Hall–Kier alpha value is -0.880. The van der Waals surface area contributed by atoms with E-state index in [0.29, 0.717) is 13.1 Å². The minimum atomic E-state index is -3.09. The second kappa shape index (κ2) is 5.25. The highest BCUT2D eigenvalue weighted by atomic mass is 32.2. The molecule has 5 nitrogen and oxygen atoms in total. The number of nitrogens with zero attached hydrogens (tertiary/aromatic N) is 2. The first-order valence-electron chi connectivity index (χ1n) is 7.16. The summed E-state index contributed by atoms with van der Waals surface area (Å²) >= 11 is 0. The number of hydrogen-bond acceptors (Lipinski definition) is 3. The highest BCUT2D eigenvalue weighted by Gasteiger charge is 2.38. The lowest BCUT2D eigenvalue weighted by Crippen LogP contribution is -2.38. The van der Waals surface area contributed by atoms with Crippen LogP contribution in [-0.2, 0) is 10.0 Å². The summed E-state index contributed by atoms with van der Waals surface area (Å²) in [6.45, 7) is 1.23. The molecule has 1 saturated carbocycles. The highest BCUT2D eigenvalue weighted by Crippen LogP contribution is 2.32. The zero-order valence-electron chi connectivity index (χ0n) is 11.1. The lowest BCUT2D eigenvalue weighted by Gasteiger charge is -2.26. The first-order valence-corrected chi connectivity index (χ1v) is 8.66. The zero-order valence-corrected chi connectivity index (χ0v) is 11.9. The summed E-state index contributed by atoms with van der Waals surface area (Å²) in [6.07, 6.45) is 9.37. The molecule has 1 N–H and O–H groups in total. The summed E-state index contributed by atoms with van der Waals surface area (Å²) in [6, 6.07) is 0. The number of hydrogen-bond donors (Lipinski definition) is 1. The summed E-state index contributed by atoms with van der Waals surface area (Å²) in [5.74, 6) is 1.15. The van der Waals surface area contributed by atoms with Gasteiger partial charge < -0.3 is 4.98 Å². The van der Waals surface area contributed by atoms with E-state index in [9.17, 15) is 8.42 Å². The van der Waals surface area contributed by atoms with E-state index in [2.05, 4.69) is 9.97 Å². The van der Waals surface area contributed by atoms with Gasteiger partial charge in [-0.05, 0) is 19.3 Å². The third kappa shape index (κ3) is 2.56. The van der Waals surface area contributed by atoms with E-state index in [0.717, 1.165) is 37.9 Å². The van der Waals surface area contributed by atoms with Crippen LogP contribution in [0.15, 0.2) is 12.4 Å². The lowest BCUT2D eigenvalue weighted by atomic mass is 10.0. The third-order valence-corrected chi connectivity index (χ3v) is 6.76. The Morgan fingerprint density at radius 2 is 2.00 bits per heavy atom. The topological polar surface area (TPSA) is 66.1 Å². The molecule has 3 rings (SSSR count). The summed E-state index contributed by atoms with van der Waals surface area (Å²) < 4.78 is 26.9. The van der Waals surface area contributed by atoms with E-state index in [4.69, 9.17) is 0 Å². The van der Waals surface area contributed by atoms with Crippen molar-refractivity contribution in [2.45, 2.75) is 49.7 Å². The average molecular weight is 283 g/mol. The predicted octanol–water partition coefficient (Wildman–Crippen LogP) is 1.86. The summed E-state index contributed by atoms with van der Waals surface area (Å²) in [7, 11) is -3.09. The molecule has 1 aromatic heterocycles.